The summed E-state index contributed by atoms with van der Waals surface area (Å²) in [5, 5.41) is 2.97. The molecule has 0 saturated carbocycles. The van der Waals surface area contributed by atoms with Crippen LogP contribution in [0.25, 0.3) is 0 Å². The van der Waals surface area contributed by atoms with E-state index in [0.717, 1.165) is 23.7 Å². The van der Waals surface area contributed by atoms with Gasteiger partial charge in [-0.2, -0.15) is 0 Å². The summed E-state index contributed by atoms with van der Waals surface area (Å²) >= 11 is 6.94. The van der Waals surface area contributed by atoms with Gasteiger partial charge in [0.2, 0.25) is 5.88 Å². The van der Waals surface area contributed by atoms with Gasteiger partial charge in [0.05, 0.1) is 24.7 Å². The van der Waals surface area contributed by atoms with E-state index in [-0.39, 0.29) is 23.3 Å². The third-order valence-electron chi connectivity index (χ3n) is 3.35. The third-order valence-corrected chi connectivity index (χ3v) is 5.21. The van der Waals surface area contributed by atoms with Crippen LogP contribution < -0.4 is 20.2 Å². The molecule has 10 nitrogen and oxygen atoms in total. The Morgan fingerprint density at radius 1 is 1.13 bits per heavy atom. The van der Waals surface area contributed by atoms with Crippen molar-refractivity contribution in [2.45, 2.75) is 20.0 Å². The minimum Gasteiger partial charge on any atom is -0.491 e. The molecule has 3 aromatic rings. The maximum atomic E-state index is 12.6. The largest absolute Gasteiger partial charge is 0.491 e. The Morgan fingerprint density at radius 3 is 2.43 bits per heavy atom. The lowest BCUT2D eigenvalue weighted by Crippen LogP contribution is -2.13. The summed E-state index contributed by atoms with van der Waals surface area (Å²) in [5.74, 6) is 0.119. The fourth-order valence-electron chi connectivity index (χ4n) is 2.22. The Hall–Kier alpha value is -2.56. The molecule has 0 unspecified atom stereocenters. The molecule has 0 aliphatic rings. The van der Waals surface area contributed by atoms with Crippen molar-refractivity contribution in [1.82, 2.24) is 15.0 Å². The molecule has 2 heterocycles. The van der Waals surface area contributed by atoms with Gasteiger partial charge >= 0.3 is 7.60 Å². The number of hydrogen-bond acceptors (Lipinski definition) is 8. The zero-order valence-corrected chi connectivity index (χ0v) is 18.1. The van der Waals surface area contributed by atoms with Gasteiger partial charge < -0.3 is 19.3 Å². The van der Waals surface area contributed by atoms with Crippen molar-refractivity contribution in [3.63, 3.8) is 0 Å². The zero-order chi connectivity index (χ0) is 21.9. The Bertz CT molecular complexity index is 1100. The minimum atomic E-state index is -4.51. The molecular formula is C17H16ClN4O6PS. The molecule has 0 bridgehead atoms. The van der Waals surface area contributed by atoms with Crippen LogP contribution in [0.3, 0.4) is 0 Å². The summed E-state index contributed by atoms with van der Waals surface area (Å²) in [6, 6.07) is 4.55. The lowest BCUT2D eigenvalue weighted by atomic mass is 10.2. The maximum Gasteiger partial charge on any atom is 0.376 e. The predicted molar refractivity (Wildman–Crippen MR) is 111 cm³/mol. The second-order valence-electron chi connectivity index (χ2n) is 6.14. The molecule has 30 heavy (non-hydrogen) atoms. The molecule has 0 radical (unpaired) electrons. The van der Waals surface area contributed by atoms with E-state index < -0.39 is 18.9 Å². The summed E-state index contributed by atoms with van der Waals surface area (Å²) in [4.78, 5) is 42.3. The molecule has 0 saturated heterocycles. The van der Waals surface area contributed by atoms with Gasteiger partial charge in [0.15, 0.2) is 10.6 Å². The molecule has 158 valence electrons. The second-order valence-corrected chi connectivity index (χ2v) is 9.35. The molecule has 0 spiro atoms. The molecular weight excluding hydrogens is 455 g/mol. The highest BCUT2D eigenvalue weighted by molar-refractivity contribution is 7.59. The molecule has 0 atom stereocenters. The summed E-state index contributed by atoms with van der Waals surface area (Å²) < 4.78 is 22.9. The van der Waals surface area contributed by atoms with Gasteiger partial charge in [0.1, 0.15) is 15.8 Å². The van der Waals surface area contributed by atoms with Crippen LogP contribution in [0.1, 0.15) is 24.2 Å². The average Bonchev–Trinajstić information content (AvgIpc) is 3.05. The normalized spacial score (nSPS) is 11.4. The van der Waals surface area contributed by atoms with Crippen molar-refractivity contribution in [2.24, 2.45) is 0 Å². The van der Waals surface area contributed by atoms with E-state index in [1.165, 1.54) is 12.3 Å². The lowest BCUT2D eigenvalue weighted by molar-refractivity contribution is 0.102. The quantitative estimate of drug-likeness (QED) is 0.443. The highest BCUT2D eigenvalue weighted by atomic mass is 35.5. The van der Waals surface area contributed by atoms with Crippen molar-refractivity contribution >= 4 is 47.0 Å². The number of amides is 1. The lowest BCUT2D eigenvalue weighted by Gasteiger charge is -2.13. The van der Waals surface area contributed by atoms with Gasteiger partial charge in [-0.1, -0.05) is 22.9 Å². The molecule has 0 fully saturated rings. The first kappa shape index (κ1) is 22.1. The Balaban J connectivity index is 1.86. The van der Waals surface area contributed by atoms with E-state index in [2.05, 4.69) is 20.3 Å². The van der Waals surface area contributed by atoms with Gasteiger partial charge in [0, 0.05) is 11.6 Å². The molecule has 13 heteroatoms. The molecule has 0 aliphatic heterocycles. The van der Waals surface area contributed by atoms with Crippen LogP contribution in [0, 0.1) is 0 Å². The van der Waals surface area contributed by atoms with E-state index in [9.17, 15) is 9.36 Å². The second kappa shape index (κ2) is 9.07. The van der Waals surface area contributed by atoms with Crippen LogP contribution in [0.5, 0.6) is 17.4 Å². The van der Waals surface area contributed by atoms with Crippen LogP contribution >= 0.6 is 30.5 Å². The number of nitrogens with one attached hydrogen (secondary N) is 1. The molecule has 0 aliphatic carbocycles. The standard InChI is InChI=1S/C17H16ClN4O6PS/c1-9(2)27-11-3-10(16(23)22-17-21-6-13(18)30-17)4-12(5-11)28-14-7-20-15(8-19-14)29(24,25)26/h3-9H,1-2H3,(H,21,22,23)(H2,24,25,26). The number of aromatic nitrogens is 3. The summed E-state index contributed by atoms with van der Waals surface area (Å²) in [5.41, 5.74) is -0.247. The average molecular weight is 471 g/mol. The number of anilines is 1. The highest BCUT2D eigenvalue weighted by Gasteiger charge is 2.20. The number of rotatable bonds is 7. The summed E-state index contributed by atoms with van der Waals surface area (Å²) in [7, 11) is -4.51. The van der Waals surface area contributed by atoms with E-state index in [1.807, 2.05) is 13.8 Å². The zero-order valence-electron chi connectivity index (χ0n) is 15.6. The van der Waals surface area contributed by atoms with Crippen molar-refractivity contribution < 1.29 is 28.6 Å². The fourth-order valence-corrected chi connectivity index (χ4v) is 3.44. The van der Waals surface area contributed by atoms with Crippen molar-refractivity contribution in [3.05, 3.63) is 46.7 Å². The van der Waals surface area contributed by atoms with Crippen molar-refractivity contribution in [3.8, 4) is 17.4 Å². The van der Waals surface area contributed by atoms with E-state index >= 15 is 0 Å². The minimum absolute atomic E-state index is 0.0213. The smallest absolute Gasteiger partial charge is 0.376 e. The van der Waals surface area contributed by atoms with Gasteiger partial charge in [0.25, 0.3) is 5.91 Å². The number of benzene rings is 1. The SMILES string of the molecule is CC(C)Oc1cc(Oc2cnc(P(=O)(O)O)cn2)cc(C(=O)Nc2ncc(Cl)s2)c1. The third kappa shape index (κ3) is 5.97. The topological polar surface area (TPSA) is 144 Å². The predicted octanol–water partition coefficient (Wildman–Crippen LogP) is 3.22. The van der Waals surface area contributed by atoms with Crippen LogP contribution in [-0.2, 0) is 4.57 Å². The van der Waals surface area contributed by atoms with Crippen molar-refractivity contribution in [2.75, 3.05) is 5.32 Å². The van der Waals surface area contributed by atoms with Gasteiger partial charge in [-0.15, -0.1) is 0 Å². The fraction of sp³-hybridized carbons (Fsp3) is 0.176. The summed E-state index contributed by atoms with van der Waals surface area (Å²) in [6.07, 6.45) is 3.26. The first-order valence-electron chi connectivity index (χ1n) is 8.40. The number of nitrogens with zero attached hydrogens (tertiary/aromatic N) is 3. The number of ether oxygens (including phenoxy) is 2. The van der Waals surface area contributed by atoms with Gasteiger partial charge in [-0.25, -0.2) is 15.0 Å². The first-order valence-corrected chi connectivity index (χ1v) is 11.2. The first-order chi connectivity index (χ1) is 14.1. The van der Waals surface area contributed by atoms with E-state index in [1.54, 1.807) is 12.1 Å². The number of hydrogen-bond donors (Lipinski definition) is 3. The number of halogens is 1. The summed E-state index contributed by atoms with van der Waals surface area (Å²) in [6.45, 7) is 3.66. The highest BCUT2D eigenvalue weighted by Crippen LogP contribution is 2.32. The van der Waals surface area contributed by atoms with Crippen LogP contribution in [0.15, 0.2) is 36.8 Å². The number of carbonyl (C=O) groups excluding carboxylic acids is 1. The molecule has 1 aromatic carbocycles. The van der Waals surface area contributed by atoms with E-state index in [0.29, 0.717) is 15.2 Å². The number of thiazole rings is 1. The van der Waals surface area contributed by atoms with Crippen molar-refractivity contribution in [1.29, 1.82) is 0 Å². The van der Waals surface area contributed by atoms with Crippen LogP contribution in [-0.4, -0.2) is 36.7 Å². The Morgan fingerprint density at radius 2 is 1.87 bits per heavy atom. The van der Waals surface area contributed by atoms with Crippen LogP contribution in [0.4, 0.5) is 5.13 Å². The molecule has 3 rings (SSSR count). The molecule has 2 aromatic heterocycles. The molecule has 3 N–H and O–H groups in total. The maximum absolute atomic E-state index is 12.6. The number of carbonyl (C=O) groups is 1. The van der Waals surface area contributed by atoms with Crippen LogP contribution in [0.2, 0.25) is 4.34 Å². The Labute approximate surface area is 180 Å². The Kier molecular flexibility index (Phi) is 6.69. The van der Waals surface area contributed by atoms with Gasteiger partial charge in [-0.3, -0.25) is 14.7 Å². The van der Waals surface area contributed by atoms with Gasteiger partial charge in [-0.05, 0) is 26.0 Å². The van der Waals surface area contributed by atoms with E-state index in [4.69, 9.17) is 30.9 Å². The monoisotopic (exact) mass is 470 g/mol. The molecule has 1 amide bonds.